The van der Waals surface area contributed by atoms with Crippen molar-refractivity contribution in [2.24, 2.45) is 0 Å². The highest BCUT2D eigenvalue weighted by Gasteiger charge is 1.99. The van der Waals surface area contributed by atoms with Crippen molar-refractivity contribution in [3.63, 3.8) is 0 Å². The maximum absolute atomic E-state index is 11.4. The second-order valence-electron chi connectivity index (χ2n) is 4.27. The van der Waals surface area contributed by atoms with Gasteiger partial charge >= 0.3 is 0 Å². The van der Waals surface area contributed by atoms with Crippen molar-refractivity contribution in [1.82, 2.24) is 4.72 Å². The Morgan fingerprint density at radius 1 is 1.29 bits per heavy atom. The molecule has 3 heteroatoms. The SMILES string of the molecule is C#C.CC/C=C(\C=C/CC(=O)NSC)c1ccc(C)cc1. The average Bonchev–Trinajstić information content (AvgIpc) is 2.50. The number of aryl methyl sites for hydroxylation is 1. The van der Waals surface area contributed by atoms with Gasteiger partial charge in [0.25, 0.3) is 0 Å². The summed E-state index contributed by atoms with van der Waals surface area (Å²) in [6.45, 7) is 4.19. The van der Waals surface area contributed by atoms with E-state index >= 15 is 0 Å². The molecule has 0 radical (unpaired) electrons. The molecule has 112 valence electrons. The minimum Gasteiger partial charge on any atom is -0.300 e. The lowest BCUT2D eigenvalue weighted by Crippen LogP contribution is -2.13. The van der Waals surface area contributed by atoms with Crippen LogP contribution in [0.2, 0.25) is 0 Å². The number of rotatable bonds is 6. The van der Waals surface area contributed by atoms with Crippen LogP contribution in [0.15, 0.2) is 42.5 Å². The molecular weight excluding hydrogens is 278 g/mol. The summed E-state index contributed by atoms with van der Waals surface area (Å²) >= 11 is 1.33. The topological polar surface area (TPSA) is 29.1 Å². The quantitative estimate of drug-likeness (QED) is 0.480. The van der Waals surface area contributed by atoms with Crippen LogP contribution < -0.4 is 4.72 Å². The molecule has 0 aliphatic rings. The maximum atomic E-state index is 11.4. The van der Waals surface area contributed by atoms with Crippen LogP contribution in [0.3, 0.4) is 0 Å². The summed E-state index contributed by atoms with van der Waals surface area (Å²) < 4.78 is 2.71. The molecule has 21 heavy (non-hydrogen) atoms. The summed E-state index contributed by atoms with van der Waals surface area (Å²) in [7, 11) is 0. The molecule has 1 amide bonds. The number of hydrogen-bond acceptors (Lipinski definition) is 2. The summed E-state index contributed by atoms with van der Waals surface area (Å²) in [5.74, 6) is 0.0310. The van der Waals surface area contributed by atoms with Gasteiger partial charge in [-0.2, -0.15) is 0 Å². The molecule has 0 unspecified atom stereocenters. The summed E-state index contributed by atoms with van der Waals surface area (Å²) in [6.07, 6.45) is 17.3. The highest BCUT2D eigenvalue weighted by molar-refractivity contribution is 7.97. The fraction of sp³-hybridized carbons (Fsp3) is 0.278. The zero-order valence-corrected chi connectivity index (χ0v) is 13.7. The van der Waals surface area contributed by atoms with Crippen molar-refractivity contribution in [2.45, 2.75) is 26.7 Å². The second-order valence-corrected chi connectivity index (χ2v) is 4.88. The number of carbonyl (C=O) groups is 1. The molecule has 0 aliphatic heterocycles. The summed E-state index contributed by atoms with van der Waals surface area (Å²) in [5.41, 5.74) is 3.61. The van der Waals surface area contributed by atoms with Gasteiger partial charge in [-0.05, 0) is 24.5 Å². The van der Waals surface area contributed by atoms with Crippen molar-refractivity contribution in [2.75, 3.05) is 6.26 Å². The number of terminal acetylenes is 1. The van der Waals surface area contributed by atoms with Crippen molar-refractivity contribution in [3.05, 3.63) is 53.6 Å². The van der Waals surface area contributed by atoms with E-state index in [1.807, 2.05) is 18.4 Å². The predicted molar refractivity (Wildman–Crippen MR) is 94.8 cm³/mol. The first-order valence-electron chi connectivity index (χ1n) is 6.76. The van der Waals surface area contributed by atoms with E-state index in [1.165, 1.54) is 28.6 Å². The van der Waals surface area contributed by atoms with Crippen LogP contribution in [0.4, 0.5) is 0 Å². The van der Waals surface area contributed by atoms with Crippen LogP contribution in [0.25, 0.3) is 5.57 Å². The first-order valence-corrected chi connectivity index (χ1v) is 7.98. The van der Waals surface area contributed by atoms with Crippen molar-refractivity contribution < 1.29 is 4.79 Å². The molecule has 0 heterocycles. The Bertz CT molecular complexity index is 498. The molecule has 1 rings (SSSR count). The fourth-order valence-corrected chi connectivity index (χ4v) is 2.01. The first-order chi connectivity index (χ1) is 10.2. The maximum Gasteiger partial charge on any atom is 0.233 e. The van der Waals surface area contributed by atoms with E-state index < -0.39 is 0 Å². The number of hydrogen-bond donors (Lipinski definition) is 1. The Kier molecular flexibility index (Phi) is 10.8. The third-order valence-corrected chi connectivity index (χ3v) is 3.06. The van der Waals surface area contributed by atoms with Gasteiger partial charge < -0.3 is 4.72 Å². The van der Waals surface area contributed by atoms with E-state index in [0.29, 0.717) is 6.42 Å². The van der Waals surface area contributed by atoms with Crippen LogP contribution in [0.5, 0.6) is 0 Å². The van der Waals surface area contributed by atoms with E-state index in [9.17, 15) is 4.79 Å². The largest absolute Gasteiger partial charge is 0.300 e. The minimum atomic E-state index is 0.0310. The Hall–Kier alpha value is -1.92. The van der Waals surface area contributed by atoms with Gasteiger partial charge in [0.2, 0.25) is 5.91 Å². The Morgan fingerprint density at radius 2 is 1.90 bits per heavy atom. The molecule has 1 aromatic carbocycles. The smallest absolute Gasteiger partial charge is 0.233 e. The standard InChI is InChI=1S/C16H21NOS.C2H2/c1-4-6-14(7-5-8-16(18)17-19-3)15-11-9-13(2)10-12-15;1-2/h5-7,9-12H,4,8H2,1-3H3,(H,17,18);1-2H/b7-5-,14-6+;. The monoisotopic (exact) mass is 301 g/mol. The van der Waals surface area contributed by atoms with Crippen molar-refractivity contribution >= 4 is 23.4 Å². The Labute approximate surface area is 132 Å². The molecule has 2 nitrogen and oxygen atoms in total. The Morgan fingerprint density at radius 3 is 2.43 bits per heavy atom. The molecule has 0 spiro atoms. The van der Waals surface area contributed by atoms with E-state index in [2.05, 4.69) is 61.8 Å². The normalized spacial score (nSPS) is 10.8. The van der Waals surface area contributed by atoms with Gasteiger partial charge in [-0.25, -0.2) is 0 Å². The van der Waals surface area contributed by atoms with E-state index in [4.69, 9.17) is 0 Å². The third-order valence-electron chi connectivity index (χ3n) is 2.63. The van der Waals surface area contributed by atoms with Gasteiger partial charge in [-0.1, -0.05) is 66.9 Å². The molecular formula is C18H23NOS. The zero-order chi connectivity index (χ0) is 16.1. The fourth-order valence-electron chi connectivity index (χ4n) is 1.70. The van der Waals surface area contributed by atoms with Crippen LogP contribution in [-0.4, -0.2) is 12.2 Å². The van der Waals surface area contributed by atoms with Gasteiger partial charge in [0.1, 0.15) is 0 Å². The highest BCUT2D eigenvalue weighted by atomic mass is 32.2. The van der Waals surface area contributed by atoms with Crippen LogP contribution in [0.1, 0.15) is 30.9 Å². The molecule has 0 saturated heterocycles. The lowest BCUT2D eigenvalue weighted by molar-refractivity contribution is -0.118. The van der Waals surface area contributed by atoms with Gasteiger partial charge in [0.05, 0.1) is 0 Å². The van der Waals surface area contributed by atoms with Gasteiger partial charge in [0.15, 0.2) is 0 Å². The predicted octanol–water partition coefficient (Wildman–Crippen LogP) is 4.38. The number of nitrogens with one attached hydrogen (secondary N) is 1. The lowest BCUT2D eigenvalue weighted by atomic mass is 10.0. The van der Waals surface area contributed by atoms with Crippen LogP contribution in [0, 0.1) is 19.8 Å². The molecule has 0 atom stereocenters. The van der Waals surface area contributed by atoms with Crippen molar-refractivity contribution in [1.29, 1.82) is 0 Å². The molecule has 0 aromatic heterocycles. The van der Waals surface area contributed by atoms with E-state index in [0.717, 1.165) is 6.42 Å². The van der Waals surface area contributed by atoms with Gasteiger partial charge in [-0.3, -0.25) is 4.79 Å². The van der Waals surface area contributed by atoms with Gasteiger partial charge in [0, 0.05) is 12.7 Å². The van der Waals surface area contributed by atoms with Crippen molar-refractivity contribution in [3.8, 4) is 12.8 Å². The molecule has 0 aliphatic carbocycles. The van der Waals surface area contributed by atoms with E-state index in [1.54, 1.807) is 0 Å². The van der Waals surface area contributed by atoms with Gasteiger partial charge in [-0.15, -0.1) is 12.8 Å². The highest BCUT2D eigenvalue weighted by Crippen LogP contribution is 2.17. The summed E-state index contributed by atoms with van der Waals surface area (Å²) in [6, 6.07) is 8.44. The van der Waals surface area contributed by atoms with E-state index in [-0.39, 0.29) is 5.91 Å². The summed E-state index contributed by atoms with van der Waals surface area (Å²) in [5, 5.41) is 0. The van der Waals surface area contributed by atoms with Crippen LogP contribution >= 0.6 is 11.9 Å². The second kappa shape index (κ2) is 11.9. The number of carbonyl (C=O) groups excluding carboxylic acids is 1. The average molecular weight is 301 g/mol. The molecule has 1 N–H and O–H groups in total. The molecule has 0 bridgehead atoms. The number of amides is 1. The Balaban J connectivity index is 0.00000191. The third kappa shape index (κ3) is 8.06. The lowest BCUT2D eigenvalue weighted by Gasteiger charge is -2.03. The zero-order valence-electron chi connectivity index (χ0n) is 12.9. The molecule has 0 fully saturated rings. The first kappa shape index (κ1) is 19.1. The number of benzene rings is 1. The summed E-state index contributed by atoms with van der Waals surface area (Å²) in [4.78, 5) is 11.4. The minimum absolute atomic E-state index is 0.0310. The number of allylic oxidation sites excluding steroid dienone is 3. The molecule has 0 saturated carbocycles. The molecule has 1 aromatic rings. The van der Waals surface area contributed by atoms with Crippen LogP contribution in [-0.2, 0) is 4.79 Å².